The van der Waals surface area contributed by atoms with Gasteiger partial charge in [0.2, 0.25) is 0 Å². The molecule has 0 aliphatic heterocycles. The van der Waals surface area contributed by atoms with Crippen LogP contribution in [-0.4, -0.2) is 22.8 Å². The molecule has 0 bridgehead atoms. The highest BCUT2D eigenvalue weighted by atomic mass is 16.5. The van der Waals surface area contributed by atoms with E-state index in [0.717, 1.165) is 30.1 Å². The minimum Gasteiger partial charge on any atom is -0.373 e. The van der Waals surface area contributed by atoms with Crippen LogP contribution in [0.5, 0.6) is 0 Å². The minimum atomic E-state index is 0.435. The van der Waals surface area contributed by atoms with E-state index in [-0.39, 0.29) is 0 Å². The molecule has 20 heavy (non-hydrogen) atoms. The maximum Gasteiger partial charge on any atom is 0.162 e. The number of hydrogen-bond donors (Lipinski definition) is 1. The van der Waals surface area contributed by atoms with Crippen molar-refractivity contribution in [3.63, 3.8) is 0 Å². The van der Waals surface area contributed by atoms with Crippen molar-refractivity contribution in [2.75, 3.05) is 6.61 Å². The zero-order chi connectivity index (χ0) is 14.2. The fraction of sp³-hybridized carbons (Fsp3) is 0.467. The number of nitrogens with zero attached hydrogens (tertiary/aromatic N) is 2. The van der Waals surface area contributed by atoms with Crippen LogP contribution in [0.3, 0.4) is 0 Å². The summed E-state index contributed by atoms with van der Waals surface area (Å²) in [7, 11) is 0. The van der Waals surface area contributed by atoms with Crippen LogP contribution in [0.15, 0.2) is 35.0 Å². The molecule has 2 aromatic rings. The van der Waals surface area contributed by atoms with E-state index in [9.17, 15) is 0 Å². The number of ether oxygens (including phenoxy) is 1. The van der Waals surface area contributed by atoms with Gasteiger partial charge in [-0.2, -0.15) is 0 Å². The van der Waals surface area contributed by atoms with E-state index >= 15 is 0 Å². The Bertz CT molecular complexity index is 497. The first-order valence-electron chi connectivity index (χ1n) is 6.89. The molecule has 5 nitrogen and oxygen atoms in total. The smallest absolute Gasteiger partial charge is 0.162 e. The van der Waals surface area contributed by atoms with Crippen LogP contribution in [-0.2, 0) is 24.3 Å². The van der Waals surface area contributed by atoms with Crippen LogP contribution >= 0.6 is 0 Å². The molecule has 0 atom stereocenters. The largest absolute Gasteiger partial charge is 0.373 e. The molecule has 0 fully saturated rings. The Labute approximate surface area is 119 Å². The summed E-state index contributed by atoms with van der Waals surface area (Å²) in [6.07, 6.45) is 2.59. The summed E-state index contributed by atoms with van der Waals surface area (Å²) < 4.78 is 10.8. The zero-order valence-electron chi connectivity index (χ0n) is 12.0. The molecule has 108 valence electrons. The lowest BCUT2D eigenvalue weighted by Gasteiger charge is -2.03. The van der Waals surface area contributed by atoms with Crippen LogP contribution in [0.2, 0.25) is 0 Å². The summed E-state index contributed by atoms with van der Waals surface area (Å²) in [4.78, 5) is 4.24. The average molecular weight is 275 g/mol. The molecule has 0 saturated heterocycles. The maximum atomic E-state index is 5.57. The quantitative estimate of drug-likeness (QED) is 0.749. The highest BCUT2D eigenvalue weighted by Crippen LogP contribution is 2.06. The van der Waals surface area contributed by atoms with Crippen molar-refractivity contribution in [3.8, 4) is 0 Å². The van der Waals surface area contributed by atoms with Gasteiger partial charge in [0.25, 0.3) is 0 Å². The molecule has 2 rings (SSSR count). The second-order valence-corrected chi connectivity index (χ2v) is 4.94. The van der Waals surface area contributed by atoms with Gasteiger partial charge < -0.3 is 14.6 Å². The number of aromatic nitrogens is 2. The van der Waals surface area contributed by atoms with Crippen molar-refractivity contribution in [3.05, 3.63) is 47.6 Å². The topological polar surface area (TPSA) is 60.2 Å². The fourth-order valence-electron chi connectivity index (χ4n) is 1.71. The molecule has 2 aromatic heterocycles. The van der Waals surface area contributed by atoms with Gasteiger partial charge in [-0.15, -0.1) is 0 Å². The molecule has 0 aliphatic carbocycles. The highest BCUT2D eigenvalue weighted by Gasteiger charge is 2.05. The number of pyridine rings is 1. The summed E-state index contributed by atoms with van der Waals surface area (Å²) in [6.45, 7) is 5.98. The van der Waals surface area contributed by atoms with E-state index in [0.29, 0.717) is 19.3 Å². The Morgan fingerprint density at radius 1 is 1.30 bits per heavy atom. The molecule has 0 unspecified atom stereocenters. The molecule has 1 N–H and O–H groups in total. The number of nitrogens with one attached hydrogen (secondary N) is 1. The van der Waals surface area contributed by atoms with Crippen LogP contribution < -0.4 is 5.32 Å². The summed E-state index contributed by atoms with van der Waals surface area (Å²) in [5.41, 5.74) is 1.94. The molecule has 0 spiro atoms. The van der Waals surface area contributed by atoms with Crippen molar-refractivity contribution in [1.29, 1.82) is 0 Å². The van der Waals surface area contributed by atoms with Gasteiger partial charge in [0.15, 0.2) is 5.76 Å². The van der Waals surface area contributed by atoms with Crippen LogP contribution in [0, 0.1) is 0 Å². The zero-order valence-corrected chi connectivity index (χ0v) is 12.0. The van der Waals surface area contributed by atoms with Crippen LogP contribution in [0.1, 0.15) is 31.0 Å². The molecule has 0 aromatic carbocycles. The summed E-state index contributed by atoms with van der Waals surface area (Å²) in [5, 5.41) is 7.29. The molecule has 0 radical (unpaired) electrons. The monoisotopic (exact) mass is 275 g/mol. The third-order valence-electron chi connectivity index (χ3n) is 2.77. The van der Waals surface area contributed by atoms with Gasteiger partial charge in [0.05, 0.1) is 12.3 Å². The van der Waals surface area contributed by atoms with Gasteiger partial charge >= 0.3 is 0 Å². The van der Waals surface area contributed by atoms with Crippen LogP contribution in [0.4, 0.5) is 0 Å². The SMILES string of the molecule is CC(C)NCc1cc(COCCc2ccccn2)on1. The predicted molar refractivity (Wildman–Crippen MR) is 76.1 cm³/mol. The molecule has 0 saturated carbocycles. The lowest BCUT2D eigenvalue weighted by atomic mass is 10.3. The van der Waals surface area contributed by atoms with Crippen LogP contribution in [0.25, 0.3) is 0 Å². The molecular formula is C15H21N3O2. The second kappa shape index (κ2) is 7.77. The standard InChI is InChI=1S/C15H21N3O2/c1-12(2)17-10-14-9-15(20-18-14)11-19-8-6-13-5-3-4-7-16-13/h3-5,7,9,12,17H,6,8,10-11H2,1-2H3. The number of hydrogen-bond acceptors (Lipinski definition) is 5. The Morgan fingerprint density at radius 2 is 2.20 bits per heavy atom. The van der Waals surface area contributed by atoms with E-state index in [2.05, 4.69) is 29.3 Å². The normalized spacial score (nSPS) is 11.2. The van der Waals surface area contributed by atoms with E-state index in [1.165, 1.54) is 0 Å². The summed E-state index contributed by atoms with van der Waals surface area (Å²) >= 11 is 0. The highest BCUT2D eigenvalue weighted by molar-refractivity contribution is 5.05. The summed E-state index contributed by atoms with van der Waals surface area (Å²) in [5.74, 6) is 0.756. The van der Waals surface area contributed by atoms with E-state index in [4.69, 9.17) is 9.26 Å². The first-order chi connectivity index (χ1) is 9.74. The Morgan fingerprint density at radius 3 is 2.95 bits per heavy atom. The Balaban J connectivity index is 1.67. The maximum absolute atomic E-state index is 5.57. The summed E-state index contributed by atoms with van der Waals surface area (Å²) in [6, 6.07) is 8.24. The molecule has 0 aliphatic rings. The third kappa shape index (κ3) is 5.11. The van der Waals surface area contributed by atoms with Gasteiger partial charge in [-0.1, -0.05) is 25.1 Å². The fourth-order valence-corrected chi connectivity index (χ4v) is 1.71. The van der Waals surface area contributed by atoms with Gasteiger partial charge in [0.1, 0.15) is 6.61 Å². The Hall–Kier alpha value is -1.72. The molecule has 2 heterocycles. The molecular weight excluding hydrogens is 254 g/mol. The average Bonchev–Trinajstić information content (AvgIpc) is 2.90. The molecule has 0 amide bonds. The first-order valence-corrected chi connectivity index (χ1v) is 6.89. The van der Waals surface area contributed by atoms with Crippen molar-refractivity contribution in [2.45, 2.75) is 39.5 Å². The van der Waals surface area contributed by atoms with Gasteiger partial charge in [-0.25, -0.2) is 0 Å². The van der Waals surface area contributed by atoms with Gasteiger partial charge in [-0.3, -0.25) is 4.98 Å². The minimum absolute atomic E-state index is 0.435. The van der Waals surface area contributed by atoms with E-state index in [1.54, 1.807) is 6.20 Å². The predicted octanol–water partition coefficient (Wildman–Crippen LogP) is 2.33. The van der Waals surface area contributed by atoms with Crippen molar-refractivity contribution in [2.24, 2.45) is 0 Å². The molecule has 5 heteroatoms. The van der Waals surface area contributed by atoms with Crippen molar-refractivity contribution < 1.29 is 9.26 Å². The lowest BCUT2D eigenvalue weighted by molar-refractivity contribution is 0.103. The lowest BCUT2D eigenvalue weighted by Crippen LogP contribution is -2.21. The van der Waals surface area contributed by atoms with Crippen molar-refractivity contribution in [1.82, 2.24) is 15.5 Å². The second-order valence-electron chi connectivity index (χ2n) is 4.94. The van der Waals surface area contributed by atoms with Gasteiger partial charge in [-0.05, 0) is 12.1 Å². The van der Waals surface area contributed by atoms with Crippen molar-refractivity contribution >= 4 is 0 Å². The van der Waals surface area contributed by atoms with E-state index < -0.39 is 0 Å². The van der Waals surface area contributed by atoms with Gasteiger partial charge in [0, 0.05) is 37.0 Å². The first kappa shape index (κ1) is 14.7. The third-order valence-corrected chi connectivity index (χ3v) is 2.77. The number of rotatable bonds is 8. The Kier molecular flexibility index (Phi) is 5.70. The van der Waals surface area contributed by atoms with E-state index in [1.807, 2.05) is 24.3 Å².